The van der Waals surface area contributed by atoms with Crippen LogP contribution >= 0.6 is 0 Å². The Morgan fingerprint density at radius 2 is 1.80 bits per heavy atom. The molecular formula is C12H12OSe2. The predicted octanol–water partition coefficient (Wildman–Crippen LogP) is 1.48. The average Bonchev–Trinajstić information content (AvgIpc) is 2.27. The Kier molecular flexibility index (Phi) is 3.38. The first-order chi connectivity index (χ1) is 7.24. The van der Waals surface area contributed by atoms with Gasteiger partial charge in [0, 0.05) is 0 Å². The van der Waals surface area contributed by atoms with Gasteiger partial charge in [-0.3, -0.25) is 0 Å². The van der Waals surface area contributed by atoms with E-state index in [1.165, 1.54) is 15.2 Å². The normalized spacial score (nSPS) is 12.9. The Balaban J connectivity index is 2.87. The van der Waals surface area contributed by atoms with Gasteiger partial charge < -0.3 is 0 Å². The first kappa shape index (κ1) is 11.0. The van der Waals surface area contributed by atoms with Gasteiger partial charge in [-0.15, -0.1) is 0 Å². The summed E-state index contributed by atoms with van der Waals surface area (Å²) in [5, 5.41) is 2.46. The fourth-order valence-corrected chi connectivity index (χ4v) is 5.01. The molecule has 1 unspecified atom stereocenters. The molecule has 0 spiro atoms. The summed E-state index contributed by atoms with van der Waals surface area (Å²) in [6.45, 7) is 0. The molecule has 0 amide bonds. The number of hydrogen-bond donors (Lipinski definition) is 0. The van der Waals surface area contributed by atoms with Gasteiger partial charge in [0.15, 0.2) is 0 Å². The first-order valence-corrected chi connectivity index (χ1v) is 10.5. The molecule has 15 heavy (non-hydrogen) atoms. The van der Waals surface area contributed by atoms with Crippen molar-refractivity contribution < 1.29 is 3.83 Å². The molecule has 0 saturated carbocycles. The molecular weight excluding hydrogens is 318 g/mol. The molecule has 0 aliphatic carbocycles. The van der Waals surface area contributed by atoms with Crippen LogP contribution in [0.15, 0.2) is 36.4 Å². The van der Waals surface area contributed by atoms with Crippen LogP contribution in [0.3, 0.4) is 0 Å². The number of hydrogen-bond acceptors (Lipinski definition) is 1. The number of fused-ring (bicyclic) bond motifs is 1. The van der Waals surface area contributed by atoms with Gasteiger partial charge in [-0.25, -0.2) is 0 Å². The molecule has 0 N–H and O–H groups in total. The van der Waals surface area contributed by atoms with Crippen molar-refractivity contribution in [2.45, 2.75) is 11.6 Å². The second-order valence-corrected chi connectivity index (χ2v) is 7.88. The van der Waals surface area contributed by atoms with Crippen molar-refractivity contribution in [3.63, 3.8) is 0 Å². The van der Waals surface area contributed by atoms with Crippen molar-refractivity contribution in [2.24, 2.45) is 0 Å². The Hall–Kier alpha value is -0.461. The van der Waals surface area contributed by atoms with Crippen molar-refractivity contribution in [1.29, 1.82) is 0 Å². The fourth-order valence-electron chi connectivity index (χ4n) is 1.68. The van der Waals surface area contributed by atoms with Crippen molar-refractivity contribution in [1.82, 2.24) is 0 Å². The molecule has 0 aliphatic heterocycles. The summed E-state index contributed by atoms with van der Waals surface area (Å²) in [5.74, 6) is 4.04. The molecule has 78 valence electrons. The van der Waals surface area contributed by atoms with Gasteiger partial charge in [-0.2, -0.15) is 0 Å². The van der Waals surface area contributed by atoms with E-state index in [0.717, 1.165) is 4.46 Å². The molecule has 2 aromatic rings. The van der Waals surface area contributed by atoms with Gasteiger partial charge in [0.2, 0.25) is 0 Å². The van der Waals surface area contributed by atoms with Crippen molar-refractivity contribution in [2.75, 3.05) is 0 Å². The summed E-state index contributed by atoms with van der Waals surface area (Å²) in [4.78, 5) is 0. The van der Waals surface area contributed by atoms with E-state index < -0.39 is 13.8 Å². The van der Waals surface area contributed by atoms with Gasteiger partial charge in [-0.05, 0) is 0 Å². The van der Waals surface area contributed by atoms with Crippen LogP contribution in [-0.4, -0.2) is 28.8 Å². The minimum atomic E-state index is -1.83. The summed E-state index contributed by atoms with van der Waals surface area (Å²) in [7, 11) is 0. The molecule has 2 aromatic carbocycles. The summed E-state index contributed by atoms with van der Waals surface area (Å²) >= 11 is -1.37. The molecule has 0 aliphatic rings. The van der Waals surface area contributed by atoms with E-state index in [1.807, 2.05) is 18.0 Å². The Bertz CT molecular complexity index is 515. The number of benzene rings is 2. The van der Waals surface area contributed by atoms with Crippen molar-refractivity contribution in [3.05, 3.63) is 36.4 Å². The summed E-state index contributed by atoms with van der Waals surface area (Å²) in [6.07, 6.45) is 0. The van der Waals surface area contributed by atoms with Crippen LogP contribution in [0.25, 0.3) is 10.8 Å². The quantitative estimate of drug-likeness (QED) is 0.763. The average molecular weight is 330 g/mol. The van der Waals surface area contributed by atoms with Crippen molar-refractivity contribution >= 4 is 48.5 Å². The molecule has 0 heterocycles. The van der Waals surface area contributed by atoms with Gasteiger partial charge >= 0.3 is 100 Å². The van der Waals surface area contributed by atoms with E-state index in [9.17, 15) is 3.83 Å². The van der Waals surface area contributed by atoms with Crippen LogP contribution < -0.4 is 8.92 Å². The molecule has 0 aromatic heterocycles. The van der Waals surface area contributed by atoms with Crippen LogP contribution in [0.2, 0.25) is 11.6 Å². The minimum absolute atomic E-state index is 0.455. The van der Waals surface area contributed by atoms with Crippen LogP contribution in [-0.2, 0) is 3.83 Å². The molecule has 3 heteroatoms. The van der Waals surface area contributed by atoms with Crippen molar-refractivity contribution in [3.8, 4) is 0 Å². The fraction of sp³-hybridized carbons (Fsp3) is 0.167. The molecule has 0 fully saturated rings. The third kappa shape index (κ3) is 2.07. The number of rotatable bonds is 2. The summed E-state index contributed by atoms with van der Waals surface area (Å²) in [6, 6.07) is 12.4. The van der Waals surface area contributed by atoms with Gasteiger partial charge in [0.25, 0.3) is 0 Å². The van der Waals surface area contributed by atoms with E-state index in [0.29, 0.717) is 15.0 Å². The SMILES string of the molecule is C[Se]c1cccc2cccc([Se](C)=O)c12. The first-order valence-electron chi connectivity index (χ1n) is 4.63. The standard InChI is InChI=1S/C12H12OSe2/c1-14-10-7-3-5-9-6-4-8-11(12(9)10)15(2)13/h3-8H,1-2H3. The molecule has 1 nitrogen and oxygen atoms in total. The zero-order valence-corrected chi connectivity index (χ0v) is 12.1. The third-order valence-corrected chi connectivity index (χ3v) is 6.01. The van der Waals surface area contributed by atoms with E-state index >= 15 is 0 Å². The Morgan fingerprint density at radius 3 is 2.40 bits per heavy atom. The summed E-state index contributed by atoms with van der Waals surface area (Å²) in [5.41, 5.74) is 0. The van der Waals surface area contributed by atoms with Crippen LogP contribution in [0.1, 0.15) is 0 Å². The van der Waals surface area contributed by atoms with Gasteiger partial charge in [0.05, 0.1) is 0 Å². The maximum atomic E-state index is 11.7. The second kappa shape index (κ2) is 4.59. The molecule has 2 rings (SSSR count). The molecule has 0 bridgehead atoms. The maximum absolute atomic E-state index is 11.7. The van der Waals surface area contributed by atoms with Crippen LogP contribution in [0.5, 0.6) is 0 Å². The van der Waals surface area contributed by atoms with Crippen LogP contribution in [0, 0.1) is 0 Å². The van der Waals surface area contributed by atoms with Gasteiger partial charge in [-0.1, -0.05) is 0 Å². The molecule has 1 atom stereocenters. The zero-order chi connectivity index (χ0) is 10.8. The van der Waals surface area contributed by atoms with Crippen LogP contribution in [0.4, 0.5) is 0 Å². The van der Waals surface area contributed by atoms with Gasteiger partial charge in [0.1, 0.15) is 0 Å². The van der Waals surface area contributed by atoms with E-state index in [1.54, 1.807) is 0 Å². The van der Waals surface area contributed by atoms with E-state index in [-0.39, 0.29) is 0 Å². The topological polar surface area (TPSA) is 17.1 Å². The Labute approximate surface area is 100 Å². The molecule has 0 radical (unpaired) electrons. The second-order valence-electron chi connectivity index (χ2n) is 3.27. The molecule has 0 saturated heterocycles. The predicted molar refractivity (Wildman–Crippen MR) is 67.1 cm³/mol. The third-order valence-electron chi connectivity index (χ3n) is 2.36. The van der Waals surface area contributed by atoms with E-state index in [2.05, 4.69) is 30.1 Å². The summed E-state index contributed by atoms with van der Waals surface area (Å²) < 4.78 is 14.2. The van der Waals surface area contributed by atoms with E-state index in [4.69, 9.17) is 0 Å². The monoisotopic (exact) mass is 332 g/mol. The Morgan fingerprint density at radius 1 is 1.13 bits per heavy atom. The zero-order valence-electron chi connectivity index (χ0n) is 8.69.